The molecule has 4 heteroatoms. The number of ketones is 1. The third kappa shape index (κ3) is 4.09. The molecule has 0 saturated heterocycles. The average molecular weight is 224 g/mol. The third-order valence-electron chi connectivity index (χ3n) is 3.41. The van der Waals surface area contributed by atoms with E-state index in [9.17, 15) is 9.59 Å². The van der Waals surface area contributed by atoms with Crippen molar-refractivity contribution in [3.05, 3.63) is 0 Å². The summed E-state index contributed by atoms with van der Waals surface area (Å²) in [6, 6.07) is 0. The van der Waals surface area contributed by atoms with E-state index in [-0.39, 0.29) is 17.4 Å². The minimum Gasteiger partial charge on any atom is -0.342 e. The Hall–Kier alpha value is -0.635. The molecule has 1 unspecified atom stereocenters. The van der Waals surface area contributed by atoms with E-state index in [0.29, 0.717) is 6.42 Å². The van der Waals surface area contributed by atoms with Crippen molar-refractivity contribution in [1.82, 2.24) is 5.23 Å². The van der Waals surface area contributed by atoms with Crippen LogP contribution in [0.1, 0.15) is 53.9 Å². The Morgan fingerprint density at radius 3 is 2.06 bits per heavy atom. The normalized spacial score (nSPS) is 14.6. The minimum absolute atomic E-state index is 0.0589. The number of carbonyl (C=O) groups is 2. The van der Waals surface area contributed by atoms with Gasteiger partial charge in [-0.1, -0.05) is 20.8 Å². The molecule has 0 aliphatic rings. The fourth-order valence-corrected chi connectivity index (χ4v) is 1.49. The van der Waals surface area contributed by atoms with Crippen LogP contribution >= 0.6 is 0 Å². The Labute approximate surface area is 99.6 Å². The van der Waals surface area contributed by atoms with Gasteiger partial charge < -0.3 is 10.0 Å². The second-order valence-electron chi connectivity index (χ2n) is 4.45. The van der Waals surface area contributed by atoms with Gasteiger partial charge in [-0.05, 0) is 33.1 Å². The van der Waals surface area contributed by atoms with Crippen LogP contribution in [-0.4, -0.2) is 24.4 Å². The van der Waals surface area contributed by atoms with E-state index in [1.807, 2.05) is 27.7 Å². The Bertz CT molecular complexity index is 251. The predicted octanol–water partition coefficient (Wildman–Crippen LogP) is 1.92. The Balaban J connectivity index is 4.32. The number of Topliss-reactive ketones (excluding diaryl/α,β-unsaturated/α-hetero) is 1. The summed E-state index contributed by atoms with van der Waals surface area (Å²) in [5, 5.41) is 2.97. The average Bonchev–Trinajstić information content (AvgIpc) is 2.27. The summed E-state index contributed by atoms with van der Waals surface area (Å²) in [6.45, 7) is 9.32. The van der Waals surface area contributed by atoms with Crippen molar-refractivity contribution in [1.29, 1.82) is 0 Å². The van der Waals surface area contributed by atoms with Gasteiger partial charge in [0, 0.05) is 5.92 Å². The first kappa shape index (κ1) is 15.4. The Kier molecular flexibility index (Phi) is 6.57. The molecule has 0 aliphatic carbocycles. The molecule has 0 fully saturated rings. The Morgan fingerprint density at radius 1 is 1.25 bits per heavy atom. The van der Waals surface area contributed by atoms with Crippen LogP contribution in [0.15, 0.2) is 0 Å². The Morgan fingerprint density at radius 2 is 1.75 bits per heavy atom. The van der Waals surface area contributed by atoms with E-state index in [1.165, 1.54) is 7.41 Å². The molecule has 0 amide bonds. The van der Waals surface area contributed by atoms with Crippen LogP contribution in [0.25, 0.3) is 0 Å². The van der Waals surface area contributed by atoms with Crippen molar-refractivity contribution in [2.45, 2.75) is 59.4 Å². The molecule has 1 N–H and O–H groups in total. The second kappa shape index (κ2) is 6.84. The highest BCUT2D eigenvalue weighted by molar-refractivity contribution is 6.72. The zero-order chi connectivity index (χ0) is 12.8. The molecule has 0 saturated carbocycles. The molecule has 0 spiro atoms. The summed E-state index contributed by atoms with van der Waals surface area (Å²) in [4.78, 5) is 23.2. The monoisotopic (exact) mass is 224 g/mol. The number of hydrogen-bond acceptors (Lipinski definition) is 3. The SMILES string of the molecule is CCC(CC)C(=O)[B]NC(C)(CC)C(C)=O. The summed E-state index contributed by atoms with van der Waals surface area (Å²) in [6.07, 6.45) is 2.36. The molecule has 0 heterocycles. The van der Waals surface area contributed by atoms with Gasteiger partial charge in [0.1, 0.15) is 11.5 Å². The summed E-state index contributed by atoms with van der Waals surface area (Å²) in [5.74, 6) is 0.129. The van der Waals surface area contributed by atoms with E-state index in [0.717, 1.165) is 12.8 Å². The van der Waals surface area contributed by atoms with Gasteiger partial charge in [0.15, 0.2) is 0 Å². The zero-order valence-electron chi connectivity index (χ0n) is 11.1. The minimum atomic E-state index is -0.609. The number of hydrogen-bond donors (Lipinski definition) is 1. The first-order valence-corrected chi connectivity index (χ1v) is 6.07. The van der Waals surface area contributed by atoms with Crippen LogP contribution in [0.4, 0.5) is 0 Å². The van der Waals surface area contributed by atoms with Crippen LogP contribution in [0.3, 0.4) is 0 Å². The van der Waals surface area contributed by atoms with E-state index < -0.39 is 5.54 Å². The lowest BCUT2D eigenvalue weighted by Gasteiger charge is -2.27. The molecular weight excluding hydrogens is 201 g/mol. The van der Waals surface area contributed by atoms with E-state index in [2.05, 4.69) is 5.23 Å². The van der Waals surface area contributed by atoms with Crippen molar-refractivity contribution in [3.63, 3.8) is 0 Å². The number of rotatable bonds is 8. The van der Waals surface area contributed by atoms with Crippen molar-refractivity contribution < 1.29 is 9.59 Å². The van der Waals surface area contributed by atoms with Crippen molar-refractivity contribution >= 4 is 18.9 Å². The quantitative estimate of drug-likeness (QED) is 0.640. The van der Waals surface area contributed by atoms with Crippen LogP contribution in [0, 0.1) is 5.92 Å². The summed E-state index contributed by atoms with van der Waals surface area (Å²) >= 11 is 0. The topological polar surface area (TPSA) is 46.2 Å². The third-order valence-corrected chi connectivity index (χ3v) is 3.41. The van der Waals surface area contributed by atoms with Crippen molar-refractivity contribution in [2.24, 2.45) is 5.92 Å². The molecule has 1 radical (unpaired) electrons. The molecule has 3 nitrogen and oxygen atoms in total. The zero-order valence-corrected chi connectivity index (χ0v) is 11.1. The maximum absolute atomic E-state index is 11.8. The summed E-state index contributed by atoms with van der Waals surface area (Å²) in [7, 11) is 1.47. The second-order valence-corrected chi connectivity index (χ2v) is 4.45. The van der Waals surface area contributed by atoms with E-state index >= 15 is 0 Å². The fraction of sp³-hybridized carbons (Fsp3) is 0.833. The van der Waals surface area contributed by atoms with Gasteiger partial charge in [0.25, 0.3) is 7.41 Å². The van der Waals surface area contributed by atoms with E-state index in [1.54, 1.807) is 6.92 Å². The molecule has 0 bridgehead atoms. The van der Waals surface area contributed by atoms with Crippen LogP contribution in [-0.2, 0) is 9.59 Å². The van der Waals surface area contributed by atoms with Gasteiger partial charge in [0.05, 0.1) is 5.54 Å². The van der Waals surface area contributed by atoms with E-state index in [4.69, 9.17) is 0 Å². The van der Waals surface area contributed by atoms with Gasteiger partial charge in [-0.15, -0.1) is 0 Å². The highest BCUT2D eigenvalue weighted by atomic mass is 16.1. The molecule has 91 valence electrons. The smallest absolute Gasteiger partial charge is 0.296 e. The molecular formula is C12H23BNO2. The largest absolute Gasteiger partial charge is 0.342 e. The first-order chi connectivity index (χ1) is 7.41. The molecule has 1 atom stereocenters. The number of carbonyl (C=O) groups excluding carboxylic acids is 2. The van der Waals surface area contributed by atoms with Crippen molar-refractivity contribution in [3.8, 4) is 0 Å². The molecule has 16 heavy (non-hydrogen) atoms. The van der Waals surface area contributed by atoms with Gasteiger partial charge >= 0.3 is 0 Å². The van der Waals surface area contributed by atoms with Crippen molar-refractivity contribution in [2.75, 3.05) is 0 Å². The lowest BCUT2D eigenvalue weighted by atomic mass is 9.73. The lowest BCUT2D eigenvalue weighted by molar-refractivity contribution is -0.122. The predicted molar refractivity (Wildman–Crippen MR) is 67.3 cm³/mol. The van der Waals surface area contributed by atoms with Gasteiger partial charge in [0.2, 0.25) is 0 Å². The molecule has 0 aliphatic heterocycles. The molecule has 0 aromatic rings. The highest BCUT2D eigenvalue weighted by Gasteiger charge is 2.28. The summed E-state index contributed by atoms with van der Waals surface area (Å²) < 4.78 is 0. The first-order valence-electron chi connectivity index (χ1n) is 6.07. The van der Waals surface area contributed by atoms with Gasteiger partial charge in [-0.3, -0.25) is 4.79 Å². The molecule has 0 aromatic heterocycles. The maximum Gasteiger partial charge on any atom is 0.296 e. The standard InChI is InChI=1S/C12H23BNO2/c1-6-10(7-2)11(16)13-14-12(5,8-3)9(4)15/h10,14H,6-8H2,1-5H3. The van der Waals surface area contributed by atoms with Gasteiger partial charge in [-0.2, -0.15) is 0 Å². The van der Waals surface area contributed by atoms with Gasteiger partial charge in [-0.25, -0.2) is 0 Å². The molecule has 0 rings (SSSR count). The fourth-order valence-electron chi connectivity index (χ4n) is 1.49. The highest BCUT2D eigenvalue weighted by Crippen LogP contribution is 2.11. The summed E-state index contributed by atoms with van der Waals surface area (Å²) in [5.41, 5.74) is -0.521. The van der Waals surface area contributed by atoms with Crippen LogP contribution in [0.5, 0.6) is 0 Å². The number of nitrogens with one attached hydrogen (secondary N) is 1. The van der Waals surface area contributed by atoms with Crippen LogP contribution in [0.2, 0.25) is 0 Å². The molecule has 0 aromatic carbocycles. The maximum atomic E-state index is 11.8. The van der Waals surface area contributed by atoms with Crippen LogP contribution < -0.4 is 5.23 Å². The lowest BCUT2D eigenvalue weighted by Crippen LogP contribution is -2.52.